The van der Waals surface area contributed by atoms with Gasteiger partial charge in [-0.25, -0.2) is 13.1 Å². The number of hydrogen-bond acceptors (Lipinski definition) is 4. The summed E-state index contributed by atoms with van der Waals surface area (Å²) in [6.07, 6.45) is 0. The smallest absolute Gasteiger partial charge is 0.206 e. The maximum absolute atomic E-state index is 12.2. The van der Waals surface area contributed by atoms with Gasteiger partial charge in [-0.1, -0.05) is 0 Å². The molecular weight excluding hydrogens is 354 g/mol. The predicted molar refractivity (Wildman–Crippen MR) is 79.8 cm³/mol. The molecule has 0 bridgehead atoms. The van der Waals surface area contributed by atoms with E-state index in [0.717, 1.165) is 14.9 Å². The fraction of sp³-hybridized carbons (Fsp3) is 0.273. The molecule has 0 amide bonds. The molecule has 0 fully saturated rings. The Hall–Kier alpha value is -0.210. The third kappa shape index (κ3) is 3.03. The largest absolute Gasteiger partial charge is 0.250 e. The Morgan fingerprint density at radius 3 is 2.67 bits per heavy atom. The van der Waals surface area contributed by atoms with Crippen molar-refractivity contribution in [1.29, 1.82) is 0 Å². The van der Waals surface area contributed by atoms with E-state index in [1.165, 1.54) is 11.3 Å². The summed E-state index contributed by atoms with van der Waals surface area (Å²) in [6, 6.07) is 3.38. The molecule has 2 heterocycles. The summed E-state index contributed by atoms with van der Waals surface area (Å²) in [5.74, 6) is 0. The average molecular weight is 366 g/mol. The maximum Gasteiger partial charge on any atom is 0.250 e. The first-order valence-electron chi connectivity index (χ1n) is 5.20. The molecule has 0 radical (unpaired) electrons. The molecule has 0 aliphatic heterocycles. The van der Waals surface area contributed by atoms with Gasteiger partial charge in [-0.3, -0.25) is 0 Å². The Bertz CT molecular complexity index is 612. The second-order valence-electron chi connectivity index (χ2n) is 3.92. The number of halogens is 1. The molecule has 0 aromatic carbocycles. The van der Waals surface area contributed by atoms with Gasteiger partial charge in [-0.2, -0.15) is 11.3 Å². The lowest BCUT2D eigenvalue weighted by Crippen LogP contribution is -2.25. The van der Waals surface area contributed by atoms with Crippen molar-refractivity contribution in [2.45, 2.75) is 24.1 Å². The van der Waals surface area contributed by atoms with Crippen molar-refractivity contribution < 1.29 is 8.42 Å². The lowest BCUT2D eigenvalue weighted by molar-refractivity contribution is 0.569. The summed E-state index contributed by atoms with van der Waals surface area (Å²) in [5.41, 5.74) is 1.92. The molecule has 2 rings (SSSR count). The van der Waals surface area contributed by atoms with Crippen LogP contribution in [-0.4, -0.2) is 8.42 Å². The van der Waals surface area contributed by atoms with Crippen molar-refractivity contribution >= 4 is 48.6 Å². The number of sulfonamides is 1. The maximum atomic E-state index is 12.2. The average Bonchev–Trinajstić information content (AvgIpc) is 2.89. The third-order valence-electron chi connectivity index (χ3n) is 2.47. The molecule has 18 heavy (non-hydrogen) atoms. The van der Waals surface area contributed by atoms with Crippen LogP contribution in [0.4, 0.5) is 0 Å². The van der Waals surface area contributed by atoms with Crippen molar-refractivity contribution in [3.8, 4) is 0 Å². The van der Waals surface area contributed by atoms with Crippen LogP contribution in [0.2, 0.25) is 0 Å². The Morgan fingerprint density at radius 1 is 1.44 bits per heavy atom. The normalized spacial score (nSPS) is 13.7. The summed E-state index contributed by atoms with van der Waals surface area (Å²) in [4.78, 5) is 0. The minimum atomic E-state index is -3.44. The fourth-order valence-corrected chi connectivity index (χ4v) is 5.67. The van der Waals surface area contributed by atoms with Gasteiger partial charge >= 0.3 is 0 Å². The molecular formula is C11H12BrNO2S3. The first kappa shape index (κ1) is 14.2. The minimum absolute atomic E-state index is 0.220. The first-order chi connectivity index (χ1) is 8.40. The summed E-state index contributed by atoms with van der Waals surface area (Å²) < 4.78 is 28.2. The van der Waals surface area contributed by atoms with Gasteiger partial charge in [0.2, 0.25) is 0 Å². The van der Waals surface area contributed by atoms with E-state index in [1.807, 2.05) is 30.7 Å². The highest BCUT2D eigenvalue weighted by molar-refractivity contribution is 9.11. The standard InChI is InChI=1S/C11H12BrNO2S3/c1-7-5-10(17-11(7)12)18(14,15)13-8(2)9-3-4-16-6-9/h3-6,8,13H,1-2H3. The van der Waals surface area contributed by atoms with E-state index in [1.54, 1.807) is 17.4 Å². The summed E-state index contributed by atoms with van der Waals surface area (Å²) in [6.45, 7) is 3.72. The summed E-state index contributed by atoms with van der Waals surface area (Å²) in [5, 5.41) is 3.88. The first-order valence-corrected chi connectivity index (χ1v) is 9.24. The Morgan fingerprint density at radius 2 is 2.17 bits per heavy atom. The Kier molecular flexibility index (Phi) is 4.28. The Balaban J connectivity index is 2.22. The molecule has 0 saturated carbocycles. The van der Waals surface area contributed by atoms with Crippen molar-refractivity contribution in [2.24, 2.45) is 0 Å². The molecule has 1 atom stereocenters. The van der Waals surface area contributed by atoms with Crippen LogP contribution >= 0.6 is 38.6 Å². The lowest BCUT2D eigenvalue weighted by Gasteiger charge is -2.11. The van der Waals surface area contributed by atoms with Gasteiger partial charge in [-0.05, 0) is 63.8 Å². The van der Waals surface area contributed by atoms with Crippen LogP contribution < -0.4 is 4.72 Å². The second kappa shape index (κ2) is 5.42. The van der Waals surface area contributed by atoms with Gasteiger partial charge < -0.3 is 0 Å². The molecule has 0 saturated heterocycles. The van der Waals surface area contributed by atoms with Crippen molar-refractivity contribution in [3.05, 3.63) is 37.8 Å². The number of nitrogens with one attached hydrogen (secondary N) is 1. The molecule has 2 aromatic rings. The van der Waals surface area contributed by atoms with Gasteiger partial charge in [0.05, 0.1) is 3.79 Å². The molecule has 0 spiro atoms. The number of rotatable bonds is 4. The van der Waals surface area contributed by atoms with E-state index < -0.39 is 10.0 Å². The van der Waals surface area contributed by atoms with Gasteiger partial charge in [0.25, 0.3) is 10.0 Å². The monoisotopic (exact) mass is 365 g/mol. The molecule has 2 aromatic heterocycles. The molecule has 1 N–H and O–H groups in total. The molecule has 98 valence electrons. The van der Waals surface area contributed by atoms with Crippen LogP contribution in [0.15, 0.2) is 30.9 Å². The van der Waals surface area contributed by atoms with E-state index in [9.17, 15) is 8.42 Å². The fourth-order valence-electron chi connectivity index (χ4n) is 1.44. The number of thiophene rings is 2. The zero-order valence-corrected chi connectivity index (χ0v) is 13.8. The SMILES string of the molecule is Cc1cc(S(=O)(=O)NC(C)c2ccsc2)sc1Br. The van der Waals surface area contributed by atoms with Gasteiger partial charge in [0, 0.05) is 6.04 Å². The van der Waals surface area contributed by atoms with E-state index in [0.29, 0.717) is 4.21 Å². The molecule has 1 unspecified atom stereocenters. The van der Waals surface area contributed by atoms with Crippen LogP contribution in [0.1, 0.15) is 24.1 Å². The van der Waals surface area contributed by atoms with Crippen LogP contribution in [0.25, 0.3) is 0 Å². The highest BCUT2D eigenvalue weighted by Crippen LogP contribution is 2.31. The number of hydrogen-bond donors (Lipinski definition) is 1. The zero-order chi connectivity index (χ0) is 13.3. The minimum Gasteiger partial charge on any atom is -0.206 e. The predicted octanol–water partition coefficient (Wildman–Crippen LogP) is 3.92. The molecule has 7 heteroatoms. The lowest BCUT2D eigenvalue weighted by atomic mass is 10.2. The van der Waals surface area contributed by atoms with E-state index >= 15 is 0 Å². The third-order valence-corrected chi connectivity index (χ3v) is 7.33. The van der Waals surface area contributed by atoms with Crippen LogP contribution in [0, 0.1) is 6.92 Å². The molecule has 3 nitrogen and oxygen atoms in total. The van der Waals surface area contributed by atoms with E-state index in [-0.39, 0.29) is 6.04 Å². The Labute approximate surface area is 123 Å². The molecule has 0 aliphatic rings. The topological polar surface area (TPSA) is 46.2 Å². The second-order valence-corrected chi connectivity index (χ2v) is 9.01. The van der Waals surface area contributed by atoms with Crippen molar-refractivity contribution in [2.75, 3.05) is 0 Å². The molecule has 0 aliphatic carbocycles. The summed E-state index contributed by atoms with van der Waals surface area (Å²) >= 11 is 6.13. The summed E-state index contributed by atoms with van der Waals surface area (Å²) in [7, 11) is -3.44. The van der Waals surface area contributed by atoms with Gasteiger partial charge in [-0.15, -0.1) is 11.3 Å². The van der Waals surface area contributed by atoms with Crippen LogP contribution in [0.5, 0.6) is 0 Å². The van der Waals surface area contributed by atoms with Crippen molar-refractivity contribution in [1.82, 2.24) is 4.72 Å². The quantitative estimate of drug-likeness (QED) is 0.892. The number of aryl methyl sites for hydroxylation is 1. The van der Waals surface area contributed by atoms with Crippen LogP contribution in [-0.2, 0) is 10.0 Å². The van der Waals surface area contributed by atoms with E-state index in [2.05, 4.69) is 20.7 Å². The van der Waals surface area contributed by atoms with Gasteiger partial charge in [0.1, 0.15) is 4.21 Å². The van der Waals surface area contributed by atoms with E-state index in [4.69, 9.17) is 0 Å². The van der Waals surface area contributed by atoms with Gasteiger partial charge in [0.15, 0.2) is 0 Å². The zero-order valence-electron chi connectivity index (χ0n) is 9.81. The highest BCUT2D eigenvalue weighted by Gasteiger charge is 2.21. The van der Waals surface area contributed by atoms with Crippen molar-refractivity contribution in [3.63, 3.8) is 0 Å². The van der Waals surface area contributed by atoms with Crippen LogP contribution in [0.3, 0.4) is 0 Å². The highest BCUT2D eigenvalue weighted by atomic mass is 79.9.